The van der Waals surface area contributed by atoms with Gasteiger partial charge in [-0.25, -0.2) is 0 Å². The van der Waals surface area contributed by atoms with Gasteiger partial charge in [0.15, 0.2) is 0 Å². The Labute approximate surface area is 126 Å². The average Bonchev–Trinajstić information content (AvgIpc) is 2.87. The lowest BCUT2D eigenvalue weighted by atomic mass is 9.88. The Kier molecular flexibility index (Phi) is 4.57. The lowest BCUT2D eigenvalue weighted by molar-refractivity contribution is -0.109. The van der Waals surface area contributed by atoms with Crippen molar-refractivity contribution in [3.8, 4) is 0 Å². The third-order valence-corrected chi connectivity index (χ3v) is 4.97. The summed E-state index contributed by atoms with van der Waals surface area (Å²) in [6, 6.07) is 0.650. The van der Waals surface area contributed by atoms with Crippen molar-refractivity contribution in [2.75, 3.05) is 52.5 Å². The van der Waals surface area contributed by atoms with Crippen LogP contribution < -0.4 is 5.73 Å². The molecule has 2 unspecified atom stereocenters. The monoisotopic (exact) mass is 299 g/mol. The van der Waals surface area contributed by atoms with E-state index >= 15 is 0 Å². The molecule has 0 saturated carbocycles. The van der Waals surface area contributed by atoms with Crippen molar-refractivity contribution in [2.45, 2.75) is 30.9 Å². The van der Waals surface area contributed by atoms with Gasteiger partial charge in [-0.15, -0.1) is 0 Å². The standard InChI is InChI=1S/C14H25N3O2S/c15-13(20)10-16-3-5-17(6-4-16)12-1-7-19-14(9-12)2-8-18-11-14/h12H,1-11H2,(H2,15,20). The van der Waals surface area contributed by atoms with Crippen molar-refractivity contribution in [1.29, 1.82) is 0 Å². The van der Waals surface area contributed by atoms with Gasteiger partial charge in [-0.2, -0.15) is 0 Å². The maximum Gasteiger partial charge on any atom is 0.0951 e. The fourth-order valence-corrected chi connectivity index (χ4v) is 3.87. The molecule has 0 aliphatic carbocycles. The minimum atomic E-state index is 0.0128. The highest BCUT2D eigenvalue weighted by Crippen LogP contribution is 2.34. The first kappa shape index (κ1) is 14.7. The zero-order chi connectivity index (χ0) is 14.0. The van der Waals surface area contributed by atoms with Gasteiger partial charge in [-0.1, -0.05) is 12.2 Å². The molecular weight excluding hydrogens is 274 g/mol. The number of nitrogens with zero attached hydrogens (tertiary/aromatic N) is 2. The quantitative estimate of drug-likeness (QED) is 0.753. The molecule has 20 heavy (non-hydrogen) atoms. The van der Waals surface area contributed by atoms with Crippen LogP contribution in [0.15, 0.2) is 0 Å². The van der Waals surface area contributed by atoms with Gasteiger partial charge in [0.1, 0.15) is 0 Å². The molecule has 0 radical (unpaired) electrons. The second-order valence-corrected chi connectivity index (χ2v) is 6.78. The van der Waals surface area contributed by atoms with Crippen LogP contribution in [0.2, 0.25) is 0 Å². The Balaban J connectivity index is 1.51. The first-order chi connectivity index (χ1) is 9.67. The SMILES string of the molecule is NC(=S)CN1CCN(C2CCOC3(CCOC3)C2)CC1. The fourth-order valence-electron chi connectivity index (χ4n) is 3.68. The predicted molar refractivity (Wildman–Crippen MR) is 81.9 cm³/mol. The average molecular weight is 299 g/mol. The summed E-state index contributed by atoms with van der Waals surface area (Å²) in [5.41, 5.74) is 5.64. The van der Waals surface area contributed by atoms with Crippen LogP contribution in [0.3, 0.4) is 0 Å². The van der Waals surface area contributed by atoms with Gasteiger partial charge in [-0.3, -0.25) is 9.80 Å². The van der Waals surface area contributed by atoms with E-state index in [1.54, 1.807) is 0 Å². The molecule has 0 aromatic rings. The first-order valence-corrected chi connectivity index (χ1v) is 8.04. The Hall–Kier alpha value is -0.270. The van der Waals surface area contributed by atoms with Gasteiger partial charge in [0.2, 0.25) is 0 Å². The van der Waals surface area contributed by atoms with Crippen molar-refractivity contribution in [2.24, 2.45) is 5.73 Å². The molecule has 2 atom stereocenters. The lowest BCUT2D eigenvalue weighted by Gasteiger charge is -2.45. The molecule has 3 saturated heterocycles. The van der Waals surface area contributed by atoms with Crippen molar-refractivity contribution in [3.63, 3.8) is 0 Å². The maximum absolute atomic E-state index is 6.03. The number of hydrogen-bond acceptors (Lipinski definition) is 5. The molecule has 3 rings (SSSR count). The van der Waals surface area contributed by atoms with Crippen LogP contribution in [0.1, 0.15) is 19.3 Å². The van der Waals surface area contributed by atoms with E-state index in [-0.39, 0.29) is 5.60 Å². The summed E-state index contributed by atoms with van der Waals surface area (Å²) in [5, 5.41) is 0. The Morgan fingerprint density at radius 1 is 1.25 bits per heavy atom. The molecule has 5 nitrogen and oxygen atoms in total. The highest BCUT2D eigenvalue weighted by Gasteiger charge is 2.42. The minimum absolute atomic E-state index is 0.0128. The zero-order valence-electron chi connectivity index (χ0n) is 12.1. The van der Waals surface area contributed by atoms with E-state index in [2.05, 4.69) is 9.80 Å². The molecule has 3 aliphatic rings. The van der Waals surface area contributed by atoms with Gasteiger partial charge in [0.05, 0.1) is 17.2 Å². The van der Waals surface area contributed by atoms with Crippen LogP contribution in [-0.4, -0.2) is 79.0 Å². The number of hydrogen-bond donors (Lipinski definition) is 1. The van der Waals surface area contributed by atoms with Gasteiger partial charge in [-0.05, 0) is 12.8 Å². The summed E-state index contributed by atoms with van der Waals surface area (Å²) in [7, 11) is 0. The van der Waals surface area contributed by atoms with Gasteiger partial charge in [0.25, 0.3) is 0 Å². The first-order valence-electron chi connectivity index (χ1n) is 7.63. The van der Waals surface area contributed by atoms with Crippen LogP contribution in [0, 0.1) is 0 Å². The number of thiocarbonyl (C=S) groups is 1. The van der Waals surface area contributed by atoms with Gasteiger partial charge >= 0.3 is 0 Å². The highest BCUT2D eigenvalue weighted by atomic mass is 32.1. The molecule has 0 amide bonds. The summed E-state index contributed by atoms with van der Waals surface area (Å²) >= 11 is 4.99. The molecule has 3 fully saturated rings. The predicted octanol–water partition coefficient (Wildman–Crippen LogP) is 0.228. The van der Waals surface area contributed by atoms with E-state index in [1.165, 1.54) is 0 Å². The van der Waals surface area contributed by atoms with Crippen LogP contribution in [0.4, 0.5) is 0 Å². The molecule has 3 aliphatic heterocycles. The van der Waals surface area contributed by atoms with Gasteiger partial charge in [0, 0.05) is 58.4 Å². The topological polar surface area (TPSA) is 51.0 Å². The lowest BCUT2D eigenvalue weighted by Crippen LogP contribution is -2.55. The summed E-state index contributed by atoms with van der Waals surface area (Å²) in [5.74, 6) is 0. The van der Waals surface area contributed by atoms with E-state index < -0.39 is 0 Å². The summed E-state index contributed by atoms with van der Waals surface area (Å²) in [6.07, 6.45) is 3.34. The van der Waals surface area contributed by atoms with E-state index in [9.17, 15) is 0 Å². The molecule has 0 aromatic heterocycles. The molecule has 114 valence electrons. The van der Waals surface area contributed by atoms with Crippen LogP contribution >= 0.6 is 12.2 Å². The summed E-state index contributed by atoms with van der Waals surface area (Å²) in [6.45, 7) is 7.64. The molecule has 2 N–H and O–H groups in total. The van der Waals surface area contributed by atoms with Crippen LogP contribution in [-0.2, 0) is 9.47 Å². The summed E-state index contributed by atoms with van der Waals surface area (Å²) in [4.78, 5) is 5.58. The fraction of sp³-hybridized carbons (Fsp3) is 0.929. The van der Waals surface area contributed by atoms with Crippen molar-refractivity contribution in [3.05, 3.63) is 0 Å². The van der Waals surface area contributed by atoms with Crippen molar-refractivity contribution < 1.29 is 9.47 Å². The van der Waals surface area contributed by atoms with Crippen molar-refractivity contribution in [1.82, 2.24) is 9.80 Å². The Morgan fingerprint density at radius 3 is 2.70 bits per heavy atom. The maximum atomic E-state index is 6.03. The van der Waals surface area contributed by atoms with Crippen LogP contribution in [0.25, 0.3) is 0 Å². The van der Waals surface area contributed by atoms with E-state index in [0.717, 1.165) is 71.8 Å². The number of ether oxygens (including phenoxy) is 2. The molecule has 6 heteroatoms. The zero-order valence-corrected chi connectivity index (χ0v) is 12.9. The Bertz CT molecular complexity index is 352. The molecule has 1 spiro atoms. The number of piperazine rings is 1. The molecular formula is C14H25N3O2S. The van der Waals surface area contributed by atoms with Crippen LogP contribution in [0.5, 0.6) is 0 Å². The summed E-state index contributed by atoms with van der Waals surface area (Å²) < 4.78 is 11.6. The van der Waals surface area contributed by atoms with Crippen molar-refractivity contribution >= 4 is 17.2 Å². The normalized spacial score (nSPS) is 36.5. The smallest absolute Gasteiger partial charge is 0.0951 e. The van der Waals surface area contributed by atoms with Gasteiger partial charge < -0.3 is 15.2 Å². The van der Waals surface area contributed by atoms with E-state index in [1.807, 2.05) is 0 Å². The number of nitrogens with two attached hydrogens (primary N) is 1. The number of rotatable bonds is 3. The third-order valence-electron chi connectivity index (χ3n) is 4.84. The molecule has 0 bridgehead atoms. The molecule has 0 aromatic carbocycles. The third kappa shape index (κ3) is 3.31. The second kappa shape index (κ2) is 6.23. The molecule has 3 heterocycles. The largest absolute Gasteiger partial charge is 0.392 e. The second-order valence-electron chi connectivity index (χ2n) is 6.26. The Morgan fingerprint density at radius 2 is 2.05 bits per heavy atom. The highest BCUT2D eigenvalue weighted by molar-refractivity contribution is 7.80. The van der Waals surface area contributed by atoms with E-state index in [0.29, 0.717) is 11.0 Å². The minimum Gasteiger partial charge on any atom is -0.392 e. The van der Waals surface area contributed by atoms with E-state index in [4.69, 9.17) is 27.4 Å².